The van der Waals surface area contributed by atoms with Crippen LogP contribution in [0.3, 0.4) is 0 Å². The van der Waals surface area contributed by atoms with Gasteiger partial charge in [-0.05, 0) is 32.9 Å². The normalized spacial score (nSPS) is 12.2. The lowest BCUT2D eigenvalue weighted by atomic mass is 10.2. The topological polar surface area (TPSA) is 17.8 Å². The van der Waals surface area contributed by atoms with Crippen LogP contribution in [-0.2, 0) is 0 Å². The second-order valence-electron chi connectivity index (χ2n) is 4.67. The van der Waals surface area contributed by atoms with Crippen LogP contribution in [0.4, 0.5) is 4.39 Å². The third-order valence-electron chi connectivity index (χ3n) is 2.93. The van der Waals surface area contributed by atoms with Gasteiger partial charge in [0.2, 0.25) is 0 Å². The molecule has 2 rings (SSSR count). The summed E-state index contributed by atoms with van der Waals surface area (Å²) >= 11 is 5.99. The highest BCUT2D eigenvalue weighted by Gasteiger charge is 2.11. The first kappa shape index (κ1) is 13.8. The van der Waals surface area contributed by atoms with Crippen LogP contribution in [0.2, 0.25) is 5.02 Å². The molecule has 0 fully saturated rings. The van der Waals surface area contributed by atoms with Crippen molar-refractivity contribution in [2.45, 2.75) is 26.8 Å². The van der Waals surface area contributed by atoms with Crippen molar-refractivity contribution >= 4 is 23.5 Å². The Hall–Kier alpha value is -1.61. The number of aromatic nitrogens is 2. The fraction of sp³-hybridized carbons (Fsp3) is 0.267. The van der Waals surface area contributed by atoms with E-state index in [1.165, 1.54) is 6.08 Å². The highest BCUT2D eigenvalue weighted by atomic mass is 35.5. The minimum atomic E-state index is -0.354. The minimum Gasteiger partial charge on any atom is -0.326 e. The van der Waals surface area contributed by atoms with Crippen LogP contribution in [0.1, 0.15) is 37.0 Å². The van der Waals surface area contributed by atoms with Crippen molar-refractivity contribution in [3.8, 4) is 0 Å². The van der Waals surface area contributed by atoms with Crippen LogP contribution in [-0.4, -0.2) is 9.55 Å². The molecule has 1 aromatic heterocycles. The molecular formula is C15H16ClFN2. The van der Waals surface area contributed by atoms with Crippen molar-refractivity contribution in [2.75, 3.05) is 0 Å². The Morgan fingerprint density at radius 3 is 2.68 bits per heavy atom. The summed E-state index contributed by atoms with van der Waals surface area (Å²) in [4.78, 5) is 4.23. The molecule has 4 heteroatoms. The Balaban J connectivity index is 2.45. The zero-order chi connectivity index (χ0) is 14.0. The Morgan fingerprint density at radius 1 is 1.37 bits per heavy atom. The number of rotatable bonds is 3. The number of imidazole rings is 1. The molecule has 1 aromatic carbocycles. The zero-order valence-corrected chi connectivity index (χ0v) is 11.9. The van der Waals surface area contributed by atoms with E-state index in [9.17, 15) is 4.39 Å². The van der Waals surface area contributed by atoms with E-state index < -0.39 is 0 Å². The highest BCUT2D eigenvalue weighted by Crippen LogP contribution is 2.27. The van der Waals surface area contributed by atoms with Crippen LogP contribution in [0.25, 0.3) is 11.9 Å². The smallest absolute Gasteiger partial charge is 0.134 e. The van der Waals surface area contributed by atoms with Gasteiger partial charge < -0.3 is 4.57 Å². The first-order valence-corrected chi connectivity index (χ1v) is 6.54. The van der Waals surface area contributed by atoms with E-state index in [-0.39, 0.29) is 11.9 Å². The van der Waals surface area contributed by atoms with Crippen molar-refractivity contribution in [1.29, 1.82) is 0 Å². The van der Waals surface area contributed by atoms with E-state index in [0.717, 1.165) is 11.5 Å². The van der Waals surface area contributed by atoms with Crippen molar-refractivity contribution in [3.05, 3.63) is 52.6 Å². The van der Waals surface area contributed by atoms with E-state index in [2.05, 4.69) is 4.98 Å². The fourth-order valence-electron chi connectivity index (χ4n) is 2.11. The minimum absolute atomic E-state index is 0.229. The second kappa shape index (κ2) is 5.57. The maximum absolute atomic E-state index is 14.3. The molecule has 0 unspecified atom stereocenters. The predicted molar refractivity (Wildman–Crippen MR) is 77.8 cm³/mol. The molecule has 0 bridgehead atoms. The maximum atomic E-state index is 14.3. The summed E-state index contributed by atoms with van der Waals surface area (Å²) in [5.74, 6) is 0.514. The molecule has 0 spiro atoms. The summed E-state index contributed by atoms with van der Waals surface area (Å²) in [7, 11) is 0. The summed E-state index contributed by atoms with van der Waals surface area (Å²) in [5.41, 5.74) is 1.14. The molecule has 2 aromatic rings. The fourth-order valence-corrected chi connectivity index (χ4v) is 2.34. The summed E-state index contributed by atoms with van der Waals surface area (Å²) in [6.45, 7) is 5.99. The number of hydrogen-bond donors (Lipinski definition) is 0. The summed E-state index contributed by atoms with van der Waals surface area (Å²) in [6, 6.07) is 7.11. The SMILES string of the molecule is Cc1ncc(/C=C(\F)c2ccccc2Cl)n1C(C)C. The molecule has 0 saturated heterocycles. The lowest BCUT2D eigenvalue weighted by Crippen LogP contribution is -2.05. The monoisotopic (exact) mass is 278 g/mol. The van der Waals surface area contributed by atoms with Crippen molar-refractivity contribution < 1.29 is 4.39 Å². The molecule has 0 amide bonds. The van der Waals surface area contributed by atoms with Crippen molar-refractivity contribution in [3.63, 3.8) is 0 Å². The molecule has 0 aliphatic heterocycles. The predicted octanol–water partition coefficient (Wildman–Crippen LogP) is 4.89. The van der Waals surface area contributed by atoms with Gasteiger partial charge in [0.05, 0.1) is 16.9 Å². The van der Waals surface area contributed by atoms with Gasteiger partial charge in [0.15, 0.2) is 0 Å². The van der Waals surface area contributed by atoms with Crippen LogP contribution in [0, 0.1) is 6.92 Å². The van der Waals surface area contributed by atoms with Gasteiger partial charge in [0, 0.05) is 11.6 Å². The number of hydrogen-bond acceptors (Lipinski definition) is 1. The quantitative estimate of drug-likeness (QED) is 0.781. The van der Waals surface area contributed by atoms with E-state index in [1.54, 1.807) is 30.5 Å². The molecule has 0 N–H and O–H groups in total. The van der Waals surface area contributed by atoms with Gasteiger partial charge in [0.1, 0.15) is 11.7 Å². The van der Waals surface area contributed by atoms with Crippen LogP contribution in [0.15, 0.2) is 30.5 Å². The molecule has 0 aliphatic carbocycles. The molecule has 19 heavy (non-hydrogen) atoms. The third kappa shape index (κ3) is 2.87. The van der Waals surface area contributed by atoms with Crippen LogP contribution < -0.4 is 0 Å². The van der Waals surface area contributed by atoms with E-state index >= 15 is 0 Å². The van der Waals surface area contributed by atoms with E-state index in [1.807, 2.05) is 25.3 Å². The van der Waals surface area contributed by atoms with Gasteiger partial charge >= 0.3 is 0 Å². The van der Waals surface area contributed by atoms with E-state index in [0.29, 0.717) is 10.6 Å². The van der Waals surface area contributed by atoms with Gasteiger partial charge in [-0.2, -0.15) is 0 Å². The van der Waals surface area contributed by atoms with Gasteiger partial charge in [0.25, 0.3) is 0 Å². The van der Waals surface area contributed by atoms with Gasteiger partial charge in [-0.15, -0.1) is 0 Å². The second-order valence-corrected chi connectivity index (χ2v) is 5.07. The third-order valence-corrected chi connectivity index (χ3v) is 3.26. The number of halogens is 2. The summed E-state index contributed by atoms with van der Waals surface area (Å²) < 4.78 is 16.3. The zero-order valence-electron chi connectivity index (χ0n) is 11.2. The Bertz CT molecular complexity index is 614. The number of benzene rings is 1. The highest BCUT2D eigenvalue weighted by molar-refractivity contribution is 6.32. The average Bonchev–Trinajstić information content (AvgIpc) is 2.70. The lowest BCUT2D eigenvalue weighted by Gasteiger charge is -2.12. The number of nitrogens with zero attached hydrogens (tertiary/aromatic N) is 2. The van der Waals surface area contributed by atoms with Gasteiger partial charge in [-0.3, -0.25) is 0 Å². The van der Waals surface area contributed by atoms with Crippen molar-refractivity contribution in [2.24, 2.45) is 0 Å². The Kier molecular flexibility index (Phi) is 4.05. The first-order chi connectivity index (χ1) is 9.00. The molecule has 0 radical (unpaired) electrons. The molecular weight excluding hydrogens is 263 g/mol. The molecule has 1 heterocycles. The van der Waals surface area contributed by atoms with Crippen molar-refractivity contribution in [1.82, 2.24) is 9.55 Å². The Labute approximate surface area is 117 Å². The largest absolute Gasteiger partial charge is 0.326 e. The Morgan fingerprint density at radius 2 is 2.05 bits per heavy atom. The summed E-state index contributed by atoms with van der Waals surface area (Å²) in [5, 5.41) is 0.406. The molecule has 0 aliphatic rings. The molecule has 2 nitrogen and oxygen atoms in total. The average molecular weight is 279 g/mol. The maximum Gasteiger partial charge on any atom is 0.134 e. The van der Waals surface area contributed by atoms with E-state index in [4.69, 9.17) is 11.6 Å². The standard InChI is InChI=1S/C15H16ClFN2/c1-10(2)19-11(3)18-9-12(19)8-15(17)13-6-4-5-7-14(13)16/h4-10H,1-3H3/b15-8-. The number of aryl methyl sites for hydroxylation is 1. The van der Waals surface area contributed by atoms with Crippen LogP contribution >= 0.6 is 11.6 Å². The summed E-state index contributed by atoms with van der Waals surface area (Å²) in [6.07, 6.45) is 3.15. The first-order valence-electron chi connectivity index (χ1n) is 6.16. The molecule has 0 saturated carbocycles. The van der Waals surface area contributed by atoms with Gasteiger partial charge in [-0.25, -0.2) is 9.37 Å². The molecule has 100 valence electrons. The van der Waals surface area contributed by atoms with Crippen LogP contribution in [0.5, 0.6) is 0 Å². The lowest BCUT2D eigenvalue weighted by molar-refractivity contribution is 0.578. The van der Waals surface area contributed by atoms with Gasteiger partial charge in [-0.1, -0.05) is 29.8 Å². The molecule has 0 atom stereocenters.